The SMILES string of the molecule is Cc1ccc([C@@H](O)CO)cc1. The molecule has 0 aliphatic rings. The van der Waals surface area contributed by atoms with Crippen molar-refractivity contribution in [3.8, 4) is 0 Å². The molecule has 0 heterocycles. The van der Waals surface area contributed by atoms with Crippen LogP contribution in [0.2, 0.25) is 0 Å². The van der Waals surface area contributed by atoms with Gasteiger partial charge in [0.2, 0.25) is 0 Å². The van der Waals surface area contributed by atoms with Gasteiger partial charge in [0.25, 0.3) is 0 Å². The lowest BCUT2D eigenvalue weighted by Crippen LogP contribution is -2.01. The maximum absolute atomic E-state index is 9.17. The van der Waals surface area contributed by atoms with Crippen LogP contribution in [-0.4, -0.2) is 16.8 Å². The van der Waals surface area contributed by atoms with E-state index in [0.717, 1.165) is 11.1 Å². The summed E-state index contributed by atoms with van der Waals surface area (Å²) in [6.45, 7) is 1.76. The number of aryl methyl sites for hydroxylation is 1. The lowest BCUT2D eigenvalue weighted by molar-refractivity contribution is 0.0956. The quantitative estimate of drug-likeness (QED) is 0.664. The highest BCUT2D eigenvalue weighted by atomic mass is 16.3. The molecule has 0 spiro atoms. The molecule has 1 aromatic carbocycles. The fourth-order valence-corrected chi connectivity index (χ4v) is 0.894. The number of aliphatic hydroxyl groups excluding tert-OH is 2. The molecule has 0 aliphatic heterocycles. The average Bonchev–Trinajstić information content (AvgIpc) is 2.05. The Hall–Kier alpha value is -0.860. The Kier molecular flexibility index (Phi) is 2.63. The molecule has 0 saturated heterocycles. The van der Waals surface area contributed by atoms with E-state index in [9.17, 15) is 5.11 Å². The third-order valence-corrected chi connectivity index (χ3v) is 1.64. The van der Waals surface area contributed by atoms with E-state index >= 15 is 0 Å². The molecule has 0 bridgehead atoms. The van der Waals surface area contributed by atoms with Gasteiger partial charge >= 0.3 is 0 Å². The van der Waals surface area contributed by atoms with Crippen molar-refractivity contribution in [3.05, 3.63) is 35.4 Å². The van der Waals surface area contributed by atoms with Crippen LogP contribution in [0.3, 0.4) is 0 Å². The van der Waals surface area contributed by atoms with E-state index in [-0.39, 0.29) is 6.61 Å². The predicted molar refractivity (Wildman–Crippen MR) is 43.2 cm³/mol. The molecule has 1 rings (SSSR count). The normalized spacial score (nSPS) is 13.0. The van der Waals surface area contributed by atoms with Crippen LogP contribution in [0, 0.1) is 6.92 Å². The van der Waals surface area contributed by atoms with Crippen LogP contribution in [0.25, 0.3) is 0 Å². The van der Waals surface area contributed by atoms with E-state index in [1.54, 1.807) is 0 Å². The summed E-state index contributed by atoms with van der Waals surface area (Å²) >= 11 is 0. The standard InChI is InChI=1S/C9H12O2/c1-7-2-4-8(5-3-7)9(11)6-10/h2-5,9-11H,6H2,1H3/t9-/m0/s1. The third-order valence-electron chi connectivity index (χ3n) is 1.64. The molecule has 11 heavy (non-hydrogen) atoms. The van der Waals surface area contributed by atoms with Crippen LogP contribution >= 0.6 is 0 Å². The predicted octanol–water partition coefficient (Wildman–Crippen LogP) is 1.02. The van der Waals surface area contributed by atoms with E-state index in [1.165, 1.54) is 0 Å². The van der Waals surface area contributed by atoms with E-state index in [4.69, 9.17) is 5.11 Å². The van der Waals surface area contributed by atoms with Crippen molar-refractivity contribution < 1.29 is 10.2 Å². The number of hydrogen-bond acceptors (Lipinski definition) is 2. The fourth-order valence-electron chi connectivity index (χ4n) is 0.894. The Balaban J connectivity index is 2.81. The number of benzene rings is 1. The Morgan fingerprint density at radius 2 is 1.82 bits per heavy atom. The molecular weight excluding hydrogens is 140 g/mol. The van der Waals surface area contributed by atoms with Gasteiger partial charge in [-0.15, -0.1) is 0 Å². The minimum absolute atomic E-state index is 0.219. The van der Waals surface area contributed by atoms with E-state index in [1.807, 2.05) is 31.2 Å². The maximum Gasteiger partial charge on any atom is 0.102 e. The molecule has 1 atom stereocenters. The van der Waals surface area contributed by atoms with E-state index in [2.05, 4.69) is 0 Å². The smallest absolute Gasteiger partial charge is 0.102 e. The first-order valence-electron chi connectivity index (χ1n) is 3.59. The molecule has 0 fully saturated rings. The molecule has 2 nitrogen and oxygen atoms in total. The lowest BCUT2D eigenvalue weighted by atomic mass is 10.1. The molecule has 60 valence electrons. The summed E-state index contributed by atoms with van der Waals surface area (Å²) in [6, 6.07) is 7.45. The highest BCUT2D eigenvalue weighted by molar-refractivity contribution is 5.22. The van der Waals surface area contributed by atoms with Crippen molar-refractivity contribution in [2.75, 3.05) is 6.61 Å². The fraction of sp³-hybridized carbons (Fsp3) is 0.333. The van der Waals surface area contributed by atoms with Crippen molar-refractivity contribution in [1.29, 1.82) is 0 Å². The highest BCUT2D eigenvalue weighted by Crippen LogP contribution is 2.11. The summed E-state index contributed by atoms with van der Waals surface area (Å²) in [5.74, 6) is 0. The lowest BCUT2D eigenvalue weighted by Gasteiger charge is -2.06. The van der Waals surface area contributed by atoms with Gasteiger partial charge in [-0.2, -0.15) is 0 Å². The Labute approximate surface area is 66.1 Å². The van der Waals surface area contributed by atoms with Gasteiger partial charge < -0.3 is 10.2 Å². The minimum Gasteiger partial charge on any atom is -0.393 e. The van der Waals surface area contributed by atoms with Gasteiger partial charge in [0.1, 0.15) is 6.10 Å². The van der Waals surface area contributed by atoms with Gasteiger partial charge in [-0.3, -0.25) is 0 Å². The molecule has 2 N–H and O–H groups in total. The molecule has 0 aromatic heterocycles. The van der Waals surface area contributed by atoms with E-state index < -0.39 is 6.10 Å². The monoisotopic (exact) mass is 152 g/mol. The topological polar surface area (TPSA) is 40.5 Å². The first kappa shape index (κ1) is 8.24. The summed E-state index contributed by atoms with van der Waals surface area (Å²) in [6.07, 6.45) is -0.740. The van der Waals surface area contributed by atoms with Crippen LogP contribution in [0.15, 0.2) is 24.3 Å². The van der Waals surface area contributed by atoms with Crippen LogP contribution in [0.5, 0.6) is 0 Å². The summed E-state index contributed by atoms with van der Waals surface area (Å²) in [4.78, 5) is 0. The summed E-state index contributed by atoms with van der Waals surface area (Å²) in [5, 5.41) is 17.8. The Morgan fingerprint density at radius 3 is 2.27 bits per heavy atom. The zero-order valence-corrected chi connectivity index (χ0v) is 6.49. The van der Waals surface area contributed by atoms with Crippen LogP contribution < -0.4 is 0 Å². The van der Waals surface area contributed by atoms with Crippen molar-refractivity contribution in [1.82, 2.24) is 0 Å². The van der Waals surface area contributed by atoms with Gasteiger partial charge in [-0.05, 0) is 12.5 Å². The minimum atomic E-state index is -0.740. The average molecular weight is 152 g/mol. The van der Waals surface area contributed by atoms with Crippen LogP contribution in [-0.2, 0) is 0 Å². The van der Waals surface area contributed by atoms with Crippen LogP contribution in [0.4, 0.5) is 0 Å². The second-order valence-corrected chi connectivity index (χ2v) is 2.61. The largest absolute Gasteiger partial charge is 0.393 e. The number of aliphatic hydroxyl groups is 2. The second-order valence-electron chi connectivity index (χ2n) is 2.61. The zero-order chi connectivity index (χ0) is 8.27. The third kappa shape index (κ3) is 2.03. The van der Waals surface area contributed by atoms with Crippen molar-refractivity contribution >= 4 is 0 Å². The molecule has 0 saturated carbocycles. The molecule has 0 unspecified atom stereocenters. The van der Waals surface area contributed by atoms with Crippen molar-refractivity contribution in [2.45, 2.75) is 13.0 Å². The second kappa shape index (κ2) is 3.51. The number of rotatable bonds is 2. The summed E-state index contributed by atoms with van der Waals surface area (Å²) in [7, 11) is 0. The Morgan fingerprint density at radius 1 is 1.27 bits per heavy atom. The zero-order valence-electron chi connectivity index (χ0n) is 6.49. The summed E-state index contributed by atoms with van der Waals surface area (Å²) in [5.41, 5.74) is 1.91. The molecule has 1 aromatic rings. The van der Waals surface area contributed by atoms with Crippen LogP contribution in [0.1, 0.15) is 17.2 Å². The molecule has 0 radical (unpaired) electrons. The van der Waals surface area contributed by atoms with Gasteiger partial charge in [-0.25, -0.2) is 0 Å². The van der Waals surface area contributed by atoms with Gasteiger partial charge in [0, 0.05) is 0 Å². The van der Waals surface area contributed by atoms with Gasteiger partial charge in [0.05, 0.1) is 6.61 Å². The van der Waals surface area contributed by atoms with Crippen molar-refractivity contribution in [2.24, 2.45) is 0 Å². The molecule has 0 amide bonds. The van der Waals surface area contributed by atoms with Crippen molar-refractivity contribution in [3.63, 3.8) is 0 Å². The maximum atomic E-state index is 9.17. The molecule has 0 aliphatic carbocycles. The van der Waals surface area contributed by atoms with Gasteiger partial charge in [-0.1, -0.05) is 29.8 Å². The van der Waals surface area contributed by atoms with E-state index in [0.29, 0.717) is 0 Å². The molecule has 2 heteroatoms. The first-order chi connectivity index (χ1) is 5.24. The Bertz CT molecular complexity index is 216. The van der Waals surface area contributed by atoms with Gasteiger partial charge in [0.15, 0.2) is 0 Å². The highest BCUT2D eigenvalue weighted by Gasteiger charge is 2.03. The molecular formula is C9H12O2. The number of hydrogen-bond donors (Lipinski definition) is 2. The summed E-state index contributed by atoms with van der Waals surface area (Å²) < 4.78 is 0. The first-order valence-corrected chi connectivity index (χ1v) is 3.59.